The first-order valence-electron chi connectivity index (χ1n) is 5.28. The van der Waals surface area contributed by atoms with Crippen molar-refractivity contribution in [2.45, 2.75) is 26.4 Å². The van der Waals surface area contributed by atoms with E-state index >= 15 is 0 Å². The molecule has 2 atom stereocenters. The zero-order valence-electron chi connectivity index (χ0n) is 9.87. The van der Waals surface area contributed by atoms with E-state index in [2.05, 4.69) is 15.5 Å². The molecule has 1 aromatic rings. The van der Waals surface area contributed by atoms with Crippen molar-refractivity contribution in [2.24, 2.45) is 16.8 Å². The number of amides is 1. The summed E-state index contributed by atoms with van der Waals surface area (Å²) in [5.74, 6) is -1.02. The molecule has 1 aromatic heterocycles. The summed E-state index contributed by atoms with van der Waals surface area (Å²) in [5, 5.41) is 14.1. The molecular weight excluding hydrogens is 222 g/mol. The highest BCUT2D eigenvalue weighted by atomic mass is 16.4. The predicted octanol–water partition coefficient (Wildman–Crippen LogP) is -0.230. The number of carbonyl (C=O) groups is 1. The lowest BCUT2D eigenvalue weighted by molar-refractivity contribution is -0.123. The molecule has 1 heterocycles. The molecular formula is C10H17N5O2. The van der Waals surface area contributed by atoms with E-state index in [1.54, 1.807) is 19.4 Å². The molecule has 7 heteroatoms. The van der Waals surface area contributed by atoms with E-state index in [1.165, 1.54) is 0 Å². The average molecular weight is 239 g/mol. The number of imidazole rings is 1. The molecule has 0 aliphatic heterocycles. The molecule has 0 aliphatic rings. The SMILES string of the molecule is CC(Cn1ccnc1)NC(=O)C(C)C(N)=NO. The highest BCUT2D eigenvalue weighted by molar-refractivity contribution is 6.01. The third-order valence-electron chi connectivity index (χ3n) is 2.38. The Morgan fingerprint density at radius 2 is 2.35 bits per heavy atom. The second-order valence-electron chi connectivity index (χ2n) is 3.92. The van der Waals surface area contributed by atoms with Crippen LogP contribution < -0.4 is 11.1 Å². The maximum atomic E-state index is 11.7. The molecule has 17 heavy (non-hydrogen) atoms. The third-order valence-corrected chi connectivity index (χ3v) is 2.38. The van der Waals surface area contributed by atoms with Gasteiger partial charge in [0.2, 0.25) is 5.91 Å². The highest BCUT2D eigenvalue weighted by Gasteiger charge is 2.19. The van der Waals surface area contributed by atoms with E-state index in [9.17, 15) is 4.79 Å². The molecule has 0 spiro atoms. The number of hydrogen-bond donors (Lipinski definition) is 3. The fourth-order valence-corrected chi connectivity index (χ4v) is 1.35. The first kappa shape index (κ1) is 13.0. The minimum absolute atomic E-state index is 0.0642. The van der Waals surface area contributed by atoms with Gasteiger partial charge in [0.05, 0.1) is 12.2 Å². The van der Waals surface area contributed by atoms with Crippen molar-refractivity contribution in [3.8, 4) is 0 Å². The molecule has 2 unspecified atom stereocenters. The van der Waals surface area contributed by atoms with Gasteiger partial charge in [-0.1, -0.05) is 5.16 Å². The van der Waals surface area contributed by atoms with Crippen LogP contribution in [0.2, 0.25) is 0 Å². The number of aromatic nitrogens is 2. The van der Waals surface area contributed by atoms with E-state index < -0.39 is 5.92 Å². The Bertz CT molecular complexity index is 387. The first-order chi connectivity index (χ1) is 8.04. The van der Waals surface area contributed by atoms with Crippen LogP contribution in [-0.2, 0) is 11.3 Å². The van der Waals surface area contributed by atoms with Crippen molar-refractivity contribution in [3.05, 3.63) is 18.7 Å². The van der Waals surface area contributed by atoms with Gasteiger partial charge < -0.3 is 20.8 Å². The molecule has 0 saturated carbocycles. The van der Waals surface area contributed by atoms with Crippen LogP contribution in [0.3, 0.4) is 0 Å². The van der Waals surface area contributed by atoms with E-state index in [0.717, 1.165) is 0 Å². The molecule has 1 rings (SSSR count). The summed E-state index contributed by atoms with van der Waals surface area (Å²) in [4.78, 5) is 15.6. The summed E-state index contributed by atoms with van der Waals surface area (Å²) in [6.07, 6.45) is 5.17. The van der Waals surface area contributed by atoms with Crippen LogP contribution in [0.5, 0.6) is 0 Å². The summed E-state index contributed by atoms with van der Waals surface area (Å²) in [5.41, 5.74) is 5.35. The van der Waals surface area contributed by atoms with Gasteiger partial charge in [-0.2, -0.15) is 0 Å². The van der Waals surface area contributed by atoms with Gasteiger partial charge in [-0.05, 0) is 13.8 Å². The monoisotopic (exact) mass is 239 g/mol. The number of nitrogens with zero attached hydrogens (tertiary/aromatic N) is 3. The second kappa shape index (κ2) is 5.88. The summed E-state index contributed by atoms with van der Waals surface area (Å²) in [6, 6.07) is -0.0642. The topological polar surface area (TPSA) is 106 Å². The Morgan fingerprint density at radius 3 is 2.88 bits per heavy atom. The Balaban J connectivity index is 2.46. The molecule has 0 aliphatic carbocycles. The number of carbonyl (C=O) groups excluding carboxylic acids is 1. The number of amidine groups is 1. The number of rotatable bonds is 5. The molecule has 0 bridgehead atoms. The van der Waals surface area contributed by atoms with Gasteiger partial charge in [0, 0.05) is 25.0 Å². The normalized spacial score (nSPS) is 15.3. The summed E-state index contributed by atoms with van der Waals surface area (Å²) < 4.78 is 1.86. The lowest BCUT2D eigenvalue weighted by atomic mass is 10.1. The summed E-state index contributed by atoms with van der Waals surface area (Å²) >= 11 is 0. The number of hydrogen-bond acceptors (Lipinski definition) is 4. The van der Waals surface area contributed by atoms with Crippen LogP contribution in [0.1, 0.15) is 13.8 Å². The standard InChI is InChI=1S/C10H17N5O2/c1-7(5-15-4-3-12-6-15)13-10(16)8(2)9(11)14-17/h3-4,6-8,17H,5H2,1-2H3,(H2,11,14)(H,13,16). The smallest absolute Gasteiger partial charge is 0.230 e. The maximum absolute atomic E-state index is 11.7. The minimum atomic E-state index is -0.648. The molecule has 0 saturated heterocycles. The molecule has 4 N–H and O–H groups in total. The molecule has 7 nitrogen and oxygen atoms in total. The summed E-state index contributed by atoms with van der Waals surface area (Å²) in [7, 11) is 0. The van der Waals surface area contributed by atoms with Crippen LogP contribution >= 0.6 is 0 Å². The molecule has 1 amide bonds. The van der Waals surface area contributed by atoms with Crippen LogP contribution in [0, 0.1) is 5.92 Å². The van der Waals surface area contributed by atoms with Crippen LogP contribution in [0.25, 0.3) is 0 Å². The fourth-order valence-electron chi connectivity index (χ4n) is 1.35. The van der Waals surface area contributed by atoms with E-state index in [0.29, 0.717) is 6.54 Å². The fraction of sp³-hybridized carbons (Fsp3) is 0.500. The van der Waals surface area contributed by atoms with Gasteiger partial charge in [-0.15, -0.1) is 0 Å². The minimum Gasteiger partial charge on any atom is -0.409 e. The zero-order valence-corrected chi connectivity index (χ0v) is 9.87. The molecule has 0 radical (unpaired) electrons. The van der Waals surface area contributed by atoms with Gasteiger partial charge in [-0.25, -0.2) is 4.98 Å². The van der Waals surface area contributed by atoms with Gasteiger partial charge in [0.1, 0.15) is 0 Å². The number of oxime groups is 1. The first-order valence-corrected chi connectivity index (χ1v) is 5.28. The van der Waals surface area contributed by atoms with Gasteiger partial charge in [-0.3, -0.25) is 4.79 Å². The lowest BCUT2D eigenvalue weighted by Gasteiger charge is -2.17. The Hall–Kier alpha value is -2.05. The van der Waals surface area contributed by atoms with Gasteiger partial charge in [0.15, 0.2) is 5.84 Å². The number of nitrogens with two attached hydrogens (primary N) is 1. The van der Waals surface area contributed by atoms with Crippen LogP contribution in [0.4, 0.5) is 0 Å². The van der Waals surface area contributed by atoms with E-state index in [4.69, 9.17) is 10.9 Å². The Morgan fingerprint density at radius 1 is 1.65 bits per heavy atom. The average Bonchev–Trinajstić information content (AvgIpc) is 2.79. The second-order valence-corrected chi connectivity index (χ2v) is 3.92. The van der Waals surface area contributed by atoms with Crippen molar-refractivity contribution in [1.29, 1.82) is 0 Å². The van der Waals surface area contributed by atoms with Crippen molar-refractivity contribution < 1.29 is 10.0 Å². The largest absolute Gasteiger partial charge is 0.409 e. The zero-order chi connectivity index (χ0) is 12.8. The lowest BCUT2D eigenvalue weighted by Crippen LogP contribution is -2.42. The maximum Gasteiger partial charge on any atom is 0.230 e. The molecule has 94 valence electrons. The molecule has 0 fully saturated rings. The number of nitrogens with one attached hydrogen (secondary N) is 1. The molecule has 0 aromatic carbocycles. The van der Waals surface area contributed by atoms with Crippen molar-refractivity contribution >= 4 is 11.7 Å². The third kappa shape index (κ3) is 3.78. The van der Waals surface area contributed by atoms with Crippen molar-refractivity contribution in [3.63, 3.8) is 0 Å². The summed E-state index contributed by atoms with van der Waals surface area (Å²) in [6.45, 7) is 4.07. The van der Waals surface area contributed by atoms with Crippen molar-refractivity contribution in [1.82, 2.24) is 14.9 Å². The van der Waals surface area contributed by atoms with E-state index in [-0.39, 0.29) is 17.8 Å². The Labute approximate surface area is 99.3 Å². The van der Waals surface area contributed by atoms with Crippen molar-refractivity contribution in [2.75, 3.05) is 0 Å². The predicted molar refractivity (Wildman–Crippen MR) is 62.4 cm³/mol. The van der Waals surface area contributed by atoms with Gasteiger partial charge >= 0.3 is 0 Å². The van der Waals surface area contributed by atoms with Crippen LogP contribution in [0.15, 0.2) is 23.9 Å². The van der Waals surface area contributed by atoms with E-state index in [1.807, 2.05) is 17.7 Å². The highest BCUT2D eigenvalue weighted by Crippen LogP contribution is 1.98. The quantitative estimate of drug-likeness (QED) is 0.285. The van der Waals surface area contributed by atoms with Gasteiger partial charge in [0.25, 0.3) is 0 Å². The Kier molecular flexibility index (Phi) is 4.50. The van der Waals surface area contributed by atoms with Crippen LogP contribution in [-0.4, -0.2) is 32.5 Å².